The summed E-state index contributed by atoms with van der Waals surface area (Å²) in [7, 11) is 0. The Labute approximate surface area is 105 Å². The lowest BCUT2D eigenvalue weighted by atomic mass is 10.1. The van der Waals surface area contributed by atoms with E-state index in [4.69, 9.17) is 5.73 Å². The number of aromatic nitrogens is 2. The van der Waals surface area contributed by atoms with Crippen molar-refractivity contribution in [2.75, 3.05) is 17.2 Å². The van der Waals surface area contributed by atoms with E-state index in [0.717, 1.165) is 23.4 Å². The van der Waals surface area contributed by atoms with Crippen LogP contribution in [0.15, 0.2) is 24.3 Å². The highest BCUT2D eigenvalue weighted by molar-refractivity contribution is 6.07. The van der Waals surface area contributed by atoms with Gasteiger partial charge in [-0.1, -0.05) is 12.1 Å². The van der Waals surface area contributed by atoms with Crippen LogP contribution in [-0.2, 0) is 6.42 Å². The molecule has 1 amide bonds. The van der Waals surface area contributed by atoms with E-state index in [1.165, 1.54) is 0 Å². The zero-order chi connectivity index (χ0) is 12.7. The number of fused-ring (bicyclic) bond motifs is 1. The molecule has 3 N–H and O–H groups in total. The summed E-state index contributed by atoms with van der Waals surface area (Å²) in [6.07, 6.45) is 0.843. The number of aryl methyl sites for hydroxylation is 1. The van der Waals surface area contributed by atoms with Crippen molar-refractivity contribution in [3.63, 3.8) is 0 Å². The first-order chi connectivity index (χ1) is 8.66. The number of nitrogens with two attached hydrogens (primary N) is 1. The second-order valence-corrected chi connectivity index (χ2v) is 4.50. The lowest BCUT2D eigenvalue weighted by molar-refractivity contribution is 0.0984. The van der Waals surface area contributed by atoms with E-state index in [2.05, 4.69) is 10.2 Å². The lowest BCUT2D eigenvalue weighted by Gasteiger charge is -2.17. The molecular weight excluding hydrogens is 228 g/mol. The maximum absolute atomic E-state index is 12.4. The van der Waals surface area contributed by atoms with Crippen molar-refractivity contribution in [3.8, 4) is 0 Å². The van der Waals surface area contributed by atoms with Gasteiger partial charge < -0.3 is 10.6 Å². The molecule has 1 aliphatic heterocycles. The first-order valence-corrected chi connectivity index (χ1v) is 5.88. The van der Waals surface area contributed by atoms with Crippen LogP contribution in [-0.4, -0.2) is 22.6 Å². The Balaban J connectivity index is 2.00. The molecule has 1 aromatic heterocycles. The summed E-state index contributed by atoms with van der Waals surface area (Å²) in [4.78, 5) is 14.1. The Morgan fingerprint density at radius 2 is 2.33 bits per heavy atom. The molecule has 5 heteroatoms. The predicted octanol–water partition coefficient (Wildman–Crippen LogP) is 1.50. The van der Waals surface area contributed by atoms with Crippen molar-refractivity contribution < 1.29 is 4.79 Å². The summed E-state index contributed by atoms with van der Waals surface area (Å²) in [5.74, 6) is -0.101. The molecule has 0 atom stereocenters. The number of benzene rings is 1. The zero-order valence-electron chi connectivity index (χ0n) is 10.1. The lowest BCUT2D eigenvalue weighted by Crippen LogP contribution is -2.29. The number of anilines is 2. The summed E-state index contributed by atoms with van der Waals surface area (Å²) in [6, 6.07) is 7.50. The number of nitrogen functional groups attached to an aromatic ring is 1. The number of amides is 1. The molecule has 0 spiro atoms. The second kappa shape index (κ2) is 3.87. The summed E-state index contributed by atoms with van der Waals surface area (Å²) in [5, 5.41) is 6.79. The predicted molar refractivity (Wildman–Crippen MR) is 69.6 cm³/mol. The first kappa shape index (κ1) is 10.8. The van der Waals surface area contributed by atoms with Gasteiger partial charge in [0, 0.05) is 12.2 Å². The van der Waals surface area contributed by atoms with Crippen LogP contribution < -0.4 is 10.6 Å². The van der Waals surface area contributed by atoms with Crippen molar-refractivity contribution in [2.45, 2.75) is 13.3 Å². The van der Waals surface area contributed by atoms with Crippen molar-refractivity contribution >= 4 is 17.3 Å². The molecule has 0 fully saturated rings. The molecule has 0 saturated heterocycles. The van der Waals surface area contributed by atoms with Gasteiger partial charge in [0.05, 0.1) is 11.4 Å². The Hall–Kier alpha value is -2.30. The quantitative estimate of drug-likeness (QED) is 0.744. The van der Waals surface area contributed by atoms with Crippen LogP contribution in [0.1, 0.15) is 21.7 Å². The van der Waals surface area contributed by atoms with Crippen LogP contribution in [0.5, 0.6) is 0 Å². The Morgan fingerprint density at radius 1 is 1.50 bits per heavy atom. The molecule has 0 saturated carbocycles. The highest BCUT2D eigenvalue weighted by Gasteiger charge is 2.28. The van der Waals surface area contributed by atoms with Gasteiger partial charge in [-0.2, -0.15) is 5.10 Å². The van der Waals surface area contributed by atoms with Crippen molar-refractivity contribution in [1.82, 2.24) is 10.2 Å². The van der Waals surface area contributed by atoms with Crippen LogP contribution in [0.3, 0.4) is 0 Å². The van der Waals surface area contributed by atoms with Crippen LogP contribution in [0, 0.1) is 6.92 Å². The van der Waals surface area contributed by atoms with Crippen LogP contribution in [0.2, 0.25) is 0 Å². The molecule has 92 valence electrons. The van der Waals surface area contributed by atoms with Crippen LogP contribution >= 0.6 is 0 Å². The number of aromatic amines is 1. The number of hydrogen-bond acceptors (Lipinski definition) is 3. The van der Waals surface area contributed by atoms with Crippen molar-refractivity contribution in [1.29, 1.82) is 0 Å². The van der Waals surface area contributed by atoms with Crippen molar-refractivity contribution in [2.24, 2.45) is 0 Å². The van der Waals surface area contributed by atoms with Gasteiger partial charge in [-0.25, -0.2) is 0 Å². The molecule has 0 aliphatic carbocycles. The summed E-state index contributed by atoms with van der Waals surface area (Å²) >= 11 is 0. The Kier molecular flexibility index (Phi) is 2.33. The average Bonchev–Trinajstić information content (AvgIpc) is 2.95. The molecule has 2 aromatic rings. The molecule has 18 heavy (non-hydrogen) atoms. The molecule has 2 heterocycles. The Morgan fingerprint density at radius 3 is 3.06 bits per heavy atom. The van der Waals surface area contributed by atoms with Crippen LogP contribution in [0.4, 0.5) is 11.4 Å². The number of rotatable bonds is 1. The number of H-pyrrole nitrogens is 1. The molecule has 0 bridgehead atoms. The van der Waals surface area contributed by atoms with E-state index in [0.29, 0.717) is 17.9 Å². The highest BCUT2D eigenvalue weighted by atomic mass is 16.2. The zero-order valence-corrected chi connectivity index (χ0v) is 10.1. The molecule has 3 rings (SSSR count). The van der Waals surface area contributed by atoms with Gasteiger partial charge in [-0.3, -0.25) is 9.89 Å². The third-order valence-corrected chi connectivity index (χ3v) is 3.20. The number of hydrogen-bond donors (Lipinski definition) is 2. The first-order valence-electron chi connectivity index (χ1n) is 5.88. The second-order valence-electron chi connectivity index (χ2n) is 4.50. The monoisotopic (exact) mass is 242 g/mol. The SMILES string of the molecule is Cc1cc(C(=O)N2CCc3cccc(N)c32)n[nH]1. The topological polar surface area (TPSA) is 75.0 Å². The third-order valence-electron chi connectivity index (χ3n) is 3.20. The number of nitrogens with zero attached hydrogens (tertiary/aromatic N) is 2. The molecule has 1 aromatic carbocycles. The van der Waals surface area contributed by atoms with Gasteiger partial charge in [0.2, 0.25) is 0 Å². The highest BCUT2D eigenvalue weighted by Crippen LogP contribution is 2.34. The fourth-order valence-electron chi connectivity index (χ4n) is 2.36. The number of nitrogens with one attached hydrogen (secondary N) is 1. The number of carbonyl (C=O) groups excluding carboxylic acids is 1. The van der Waals surface area contributed by atoms with Gasteiger partial charge in [0.15, 0.2) is 5.69 Å². The van der Waals surface area contributed by atoms with Crippen LogP contribution in [0.25, 0.3) is 0 Å². The number of para-hydroxylation sites is 1. The van der Waals surface area contributed by atoms with Gasteiger partial charge in [0.1, 0.15) is 0 Å². The fraction of sp³-hybridized carbons (Fsp3) is 0.231. The molecular formula is C13H14N4O. The van der Waals surface area contributed by atoms with Gasteiger partial charge >= 0.3 is 0 Å². The minimum absolute atomic E-state index is 0.101. The minimum atomic E-state index is -0.101. The Bertz CT molecular complexity index is 617. The van der Waals surface area contributed by atoms with E-state index in [9.17, 15) is 4.79 Å². The van der Waals surface area contributed by atoms with Gasteiger partial charge in [0.25, 0.3) is 5.91 Å². The minimum Gasteiger partial charge on any atom is -0.397 e. The molecule has 0 unspecified atom stereocenters. The summed E-state index contributed by atoms with van der Waals surface area (Å²) < 4.78 is 0. The average molecular weight is 242 g/mol. The normalized spacial score (nSPS) is 13.7. The van der Waals surface area contributed by atoms with E-state index >= 15 is 0 Å². The third kappa shape index (κ3) is 1.55. The smallest absolute Gasteiger partial charge is 0.278 e. The van der Waals surface area contributed by atoms with E-state index in [-0.39, 0.29) is 5.91 Å². The van der Waals surface area contributed by atoms with E-state index < -0.39 is 0 Å². The molecule has 5 nitrogen and oxygen atoms in total. The van der Waals surface area contributed by atoms with E-state index in [1.807, 2.05) is 25.1 Å². The molecule has 1 aliphatic rings. The maximum Gasteiger partial charge on any atom is 0.278 e. The van der Waals surface area contributed by atoms with E-state index in [1.54, 1.807) is 11.0 Å². The number of carbonyl (C=O) groups is 1. The van der Waals surface area contributed by atoms with Gasteiger partial charge in [-0.05, 0) is 31.0 Å². The van der Waals surface area contributed by atoms with Gasteiger partial charge in [-0.15, -0.1) is 0 Å². The fourth-order valence-corrected chi connectivity index (χ4v) is 2.36. The summed E-state index contributed by atoms with van der Waals surface area (Å²) in [6.45, 7) is 2.53. The summed E-state index contributed by atoms with van der Waals surface area (Å²) in [5.41, 5.74) is 9.87. The largest absolute Gasteiger partial charge is 0.397 e. The standard InChI is InChI=1S/C13H14N4O/c1-8-7-11(16-15-8)13(18)17-6-5-9-3-2-4-10(14)12(9)17/h2-4,7H,5-6,14H2,1H3,(H,15,16). The maximum atomic E-state index is 12.4. The van der Waals surface area contributed by atoms with Crippen molar-refractivity contribution in [3.05, 3.63) is 41.2 Å². The molecule has 0 radical (unpaired) electrons.